The molecule has 1 aromatic carbocycles. The van der Waals surface area contributed by atoms with Gasteiger partial charge in [0, 0.05) is 6.42 Å². The third-order valence-corrected chi connectivity index (χ3v) is 4.41. The standard InChI is InChI=1S/C17H18N2OS/c1-2-3-9-15-18-16-14(10-11-21-16)17(20)19(15)12-13-7-5-4-6-8-13/h4-8,10-11H,2-3,9,12H2,1H3. The first-order valence-electron chi connectivity index (χ1n) is 7.30. The summed E-state index contributed by atoms with van der Waals surface area (Å²) in [5.74, 6) is 0.903. The zero-order valence-corrected chi connectivity index (χ0v) is 12.9. The minimum absolute atomic E-state index is 0.0798. The topological polar surface area (TPSA) is 34.9 Å². The quantitative estimate of drug-likeness (QED) is 0.717. The van der Waals surface area contributed by atoms with E-state index in [1.165, 1.54) is 11.3 Å². The first kappa shape index (κ1) is 14.0. The maximum atomic E-state index is 12.7. The van der Waals surface area contributed by atoms with E-state index in [0.29, 0.717) is 6.54 Å². The van der Waals surface area contributed by atoms with Crippen LogP contribution in [-0.4, -0.2) is 9.55 Å². The van der Waals surface area contributed by atoms with Crippen LogP contribution < -0.4 is 5.56 Å². The van der Waals surface area contributed by atoms with Crippen LogP contribution in [0.5, 0.6) is 0 Å². The molecule has 0 saturated heterocycles. The van der Waals surface area contributed by atoms with Crippen molar-refractivity contribution in [3.8, 4) is 0 Å². The van der Waals surface area contributed by atoms with Gasteiger partial charge in [-0.3, -0.25) is 9.36 Å². The molecule has 0 bridgehead atoms. The molecule has 0 unspecified atom stereocenters. The Morgan fingerprint density at radius 3 is 2.76 bits per heavy atom. The largest absolute Gasteiger partial charge is 0.292 e. The molecular formula is C17H18N2OS. The minimum Gasteiger partial charge on any atom is -0.292 e. The molecule has 3 rings (SSSR count). The van der Waals surface area contributed by atoms with Gasteiger partial charge in [0.15, 0.2) is 0 Å². The van der Waals surface area contributed by atoms with Gasteiger partial charge in [-0.25, -0.2) is 4.98 Å². The number of hydrogen-bond donors (Lipinski definition) is 0. The number of aryl methyl sites for hydroxylation is 1. The Bertz CT molecular complexity index is 789. The molecule has 108 valence electrons. The van der Waals surface area contributed by atoms with E-state index in [1.54, 1.807) is 0 Å². The Kier molecular flexibility index (Phi) is 4.15. The van der Waals surface area contributed by atoms with Crippen LogP contribution in [-0.2, 0) is 13.0 Å². The molecule has 4 heteroatoms. The lowest BCUT2D eigenvalue weighted by molar-refractivity contribution is 0.647. The van der Waals surface area contributed by atoms with Gasteiger partial charge in [-0.05, 0) is 23.4 Å². The maximum Gasteiger partial charge on any atom is 0.262 e. The first-order chi connectivity index (χ1) is 10.3. The van der Waals surface area contributed by atoms with E-state index in [-0.39, 0.29) is 5.56 Å². The second-order valence-electron chi connectivity index (χ2n) is 5.15. The zero-order chi connectivity index (χ0) is 14.7. The molecule has 0 aliphatic heterocycles. The van der Waals surface area contributed by atoms with Crippen molar-refractivity contribution in [3.63, 3.8) is 0 Å². The van der Waals surface area contributed by atoms with E-state index < -0.39 is 0 Å². The summed E-state index contributed by atoms with van der Waals surface area (Å²) in [6, 6.07) is 12.0. The summed E-state index contributed by atoms with van der Waals surface area (Å²) in [6.45, 7) is 2.75. The molecule has 3 aromatic rings. The molecule has 0 amide bonds. The van der Waals surface area contributed by atoms with Gasteiger partial charge in [0.2, 0.25) is 0 Å². The average Bonchev–Trinajstić information content (AvgIpc) is 2.98. The molecule has 3 nitrogen and oxygen atoms in total. The predicted octanol–water partition coefficient (Wildman–Crippen LogP) is 3.85. The Balaban J connectivity index is 2.08. The van der Waals surface area contributed by atoms with Gasteiger partial charge >= 0.3 is 0 Å². The average molecular weight is 298 g/mol. The maximum absolute atomic E-state index is 12.7. The van der Waals surface area contributed by atoms with Crippen LogP contribution in [0, 0.1) is 0 Å². The molecule has 0 aliphatic carbocycles. The lowest BCUT2D eigenvalue weighted by Crippen LogP contribution is -2.25. The van der Waals surface area contributed by atoms with Crippen molar-refractivity contribution >= 4 is 21.6 Å². The fourth-order valence-corrected chi connectivity index (χ4v) is 3.22. The van der Waals surface area contributed by atoms with E-state index in [4.69, 9.17) is 4.98 Å². The monoisotopic (exact) mass is 298 g/mol. The zero-order valence-electron chi connectivity index (χ0n) is 12.1. The number of hydrogen-bond acceptors (Lipinski definition) is 3. The molecule has 0 N–H and O–H groups in total. The summed E-state index contributed by atoms with van der Waals surface area (Å²) in [5, 5.41) is 2.67. The summed E-state index contributed by atoms with van der Waals surface area (Å²) in [5.41, 5.74) is 1.21. The van der Waals surface area contributed by atoms with E-state index in [9.17, 15) is 4.79 Å². The van der Waals surface area contributed by atoms with Crippen molar-refractivity contribution in [3.05, 3.63) is 63.5 Å². The van der Waals surface area contributed by atoms with Crippen molar-refractivity contribution in [1.82, 2.24) is 9.55 Å². The summed E-state index contributed by atoms with van der Waals surface area (Å²) < 4.78 is 1.83. The lowest BCUT2D eigenvalue weighted by atomic mass is 10.2. The molecule has 0 radical (unpaired) electrons. The van der Waals surface area contributed by atoms with Gasteiger partial charge in [0.1, 0.15) is 10.7 Å². The number of thiophene rings is 1. The normalized spacial score (nSPS) is 11.1. The van der Waals surface area contributed by atoms with Gasteiger partial charge in [0.25, 0.3) is 5.56 Å². The third kappa shape index (κ3) is 2.90. The SMILES string of the molecule is CCCCc1nc2sccc2c(=O)n1Cc1ccccc1. The molecule has 0 spiro atoms. The number of benzene rings is 1. The highest BCUT2D eigenvalue weighted by Gasteiger charge is 2.11. The highest BCUT2D eigenvalue weighted by Crippen LogP contribution is 2.17. The van der Waals surface area contributed by atoms with Crippen molar-refractivity contribution in [2.24, 2.45) is 0 Å². The van der Waals surface area contributed by atoms with E-state index >= 15 is 0 Å². The third-order valence-electron chi connectivity index (χ3n) is 3.60. The molecule has 21 heavy (non-hydrogen) atoms. The molecule has 0 aliphatic rings. The molecule has 2 aromatic heterocycles. The Morgan fingerprint density at radius 2 is 2.00 bits per heavy atom. The number of aromatic nitrogens is 2. The summed E-state index contributed by atoms with van der Waals surface area (Å²) in [4.78, 5) is 18.3. The first-order valence-corrected chi connectivity index (χ1v) is 8.18. The number of fused-ring (bicyclic) bond motifs is 1. The van der Waals surface area contributed by atoms with Gasteiger partial charge in [-0.15, -0.1) is 11.3 Å². The van der Waals surface area contributed by atoms with Crippen molar-refractivity contribution < 1.29 is 0 Å². The Hall–Kier alpha value is -1.94. The lowest BCUT2D eigenvalue weighted by Gasteiger charge is -2.12. The predicted molar refractivity (Wildman–Crippen MR) is 88.0 cm³/mol. The summed E-state index contributed by atoms with van der Waals surface area (Å²) >= 11 is 1.54. The van der Waals surface area contributed by atoms with Crippen molar-refractivity contribution in [1.29, 1.82) is 0 Å². The fourth-order valence-electron chi connectivity index (χ4n) is 2.45. The van der Waals surface area contributed by atoms with Crippen LogP contribution in [0.1, 0.15) is 31.2 Å². The van der Waals surface area contributed by atoms with Crippen LogP contribution in [0.2, 0.25) is 0 Å². The Morgan fingerprint density at radius 1 is 1.19 bits per heavy atom. The number of unbranched alkanes of at least 4 members (excludes halogenated alkanes) is 1. The van der Waals surface area contributed by atoms with Gasteiger partial charge in [-0.2, -0.15) is 0 Å². The molecule has 0 fully saturated rings. The Labute approximate surface area is 127 Å². The highest BCUT2D eigenvalue weighted by atomic mass is 32.1. The smallest absolute Gasteiger partial charge is 0.262 e. The summed E-state index contributed by atoms with van der Waals surface area (Å²) in [6.07, 6.45) is 3.01. The molecular weight excluding hydrogens is 280 g/mol. The van der Waals surface area contributed by atoms with Crippen LogP contribution in [0.25, 0.3) is 10.2 Å². The fraction of sp³-hybridized carbons (Fsp3) is 0.294. The van der Waals surface area contributed by atoms with Gasteiger partial charge in [0.05, 0.1) is 11.9 Å². The van der Waals surface area contributed by atoms with E-state index in [1.807, 2.05) is 46.3 Å². The molecule has 0 saturated carbocycles. The number of nitrogens with zero attached hydrogens (tertiary/aromatic N) is 2. The van der Waals surface area contributed by atoms with Gasteiger partial charge in [-0.1, -0.05) is 43.7 Å². The minimum atomic E-state index is 0.0798. The van der Waals surface area contributed by atoms with Crippen LogP contribution in [0.4, 0.5) is 0 Å². The summed E-state index contributed by atoms with van der Waals surface area (Å²) in [7, 11) is 0. The molecule has 2 heterocycles. The van der Waals surface area contributed by atoms with Crippen LogP contribution in [0.3, 0.4) is 0 Å². The van der Waals surface area contributed by atoms with Crippen LogP contribution in [0.15, 0.2) is 46.6 Å². The number of rotatable bonds is 5. The van der Waals surface area contributed by atoms with Crippen molar-refractivity contribution in [2.45, 2.75) is 32.7 Å². The molecule has 0 atom stereocenters. The second-order valence-corrected chi connectivity index (χ2v) is 6.04. The second kappa shape index (κ2) is 6.22. The van der Waals surface area contributed by atoms with Crippen molar-refractivity contribution in [2.75, 3.05) is 0 Å². The highest BCUT2D eigenvalue weighted by molar-refractivity contribution is 7.16. The van der Waals surface area contributed by atoms with Gasteiger partial charge < -0.3 is 0 Å². The van der Waals surface area contributed by atoms with E-state index in [2.05, 4.69) is 6.92 Å². The van der Waals surface area contributed by atoms with Crippen LogP contribution >= 0.6 is 11.3 Å². The van der Waals surface area contributed by atoms with E-state index in [0.717, 1.165) is 40.9 Å².